The number of carbonyl (C=O) groups excluding carboxylic acids is 4. The van der Waals surface area contributed by atoms with Crippen LogP contribution in [0.1, 0.15) is 52.7 Å². The Bertz CT molecular complexity index is 745. The minimum absolute atomic E-state index is 0.0282. The summed E-state index contributed by atoms with van der Waals surface area (Å²) in [5.74, 6) is -2.80. The Morgan fingerprint density at radius 1 is 0.645 bits per heavy atom. The summed E-state index contributed by atoms with van der Waals surface area (Å²) in [6.45, 7) is 10.0. The summed E-state index contributed by atoms with van der Waals surface area (Å²) in [5, 5.41) is 0. The number of ether oxygens (including phenoxy) is 4. The molecule has 31 heavy (non-hydrogen) atoms. The van der Waals surface area contributed by atoms with Gasteiger partial charge in [-0.25, -0.2) is 0 Å². The molecule has 0 aliphatic rings. The summed E-state index contributed by atoms with van der Waals surface area (Å²) in [5.41, 5.74) is -2.17. The summed E-state index contributed by atoms with van der Waals surface area (Å²) in [6.07, 6.45) is 0.0282. The van der Waals surface area contributed by atoms with Crippen LogP contribution in [-0.4, -0.2) is 50.3 Å². The molecule has 0 aliphatic carbocycles. The van der Waals surface area contributed by atoms with Gasteiger partial charge in [0.25, 0.3) is 0 Å². The van der Waals surface area contributed by atoms with E-state index in [0.717, 1.165) is 0 Å². The van der Waals surface area contributed by atoms with Crippen molar-refractivity contribution in [2.45, 2.75) is 53.4 Å². The maximum absolute atomic E-state index is 12.6. The quantitative estimate of drug-likeness (QED) is 0.296. The predicted molar refractivity (Wildman–Crippen MR) is 112 cm³/mol. The van der Waals surface area contributed by atoms with E-state index < -0.39 is 34.7 Å². The second kappa shape index (κ2) is 11.5. The smallest absolute Gasteiger partial charge is 0.327 e. The first-order valence-electron chi connectivity index (χ1n) is 10.4. The summed E-state index contributed by atoms with van der Waals surface area (Å²) in [6, 6.07) is 6.45. The normalized spacial score (nSPS) is 11.4. The minimum atomic E-state index is -1.64. The minimum Gasteiger partial charge on any atom is -0.465 e. The third kappa shape index (κ3) is 5.83. The van der Waals surface area contributed by atoms with Gasteiger partial charge in [0.1, 0.15) is 0 Å². The topological polar surface area (TPSA) is 105 Å². The van der Waals surface area contributed by atoms with Gasteiger partial charge in [-0.05, 0) is 59.1 Å². The van der Waals surface area contributed by atoms with Gasteiger partial charge in [0.2, 0.25) is 0 Å². The molecule has 0 spiro atoms. The Morgan fingerprint density at radius 3 is 1.35 bits per heavy atom. The van der Waals surface area contributed by atoms with Gasteiger partial charge in [0, 0.05) is 0 Å². The van der Waals surface area contributed by atoms with E-state index in [-0.39, 0.29) is 32.8 Å². The highest BCUT2D eigenvalue weighted by Gasteiger charge is 2.47. The summed E-state index contributed by atoms with van der Waals surface area (Å²) >= 11 is 0. The fourth-order valence-corrected chi connectivity index (χ4v) is 3.04. The fourth-order valence-electron chi connectivity index (χ4n) is 3.04. The molecule has 0 atom stereocenters. The van der Waals surface area contributed by atoms with Crippen LogP contribution < -0.4 is 0 Å². The molecule has 0 N–H and O–H groups in total. The van der Waals surface area contributed by atoms with Crippen molar-refractivity contribution in [3.63, 3.8) is 0 Å². The first-order valence-corrected chi connectivity index (χ1v) is 10.4. The summed E-state index contributed by atoms with van der Waals surface area (Å²) < 4.78 is 20.3. The van der Waals surface area contributed by atoms with E-state index >= 15 is 0 Å². The highest BCUT2D eigenvalue weighted by Crippen LogP contribution is 2.31. The van der Waals surface area contributed by atoms with Crippen molar-refractivity contribution in [1.29, 1.82) is 0 Å². The van der Waals surface area contributed by atoms with Crippen LogP contribution in [0.3, 0.4) is 0 Å². The van der Waals surface area contributed by atoms with E-state index in [1.165, 1.54) is 13.8 Å². The monoisotopic (exact) mass is 436 g/mol. The molecule has 0 amide bonds. The molecule has 0 fully saturated rings. The van der Waals surface area contributed by atoms with Crippen LogP contribution in [0, 0.1) is 5.41 Å². The van der Waals surface area contributed by atoms with E-state index in [2.05, 4.69) is 0 Å². The lowest BCUT2D eigenvalue weighted by atomic mass is 9.80. The van der Waals surface area contributed by atoms with Crippen molar-refractivity contribution in [3.8, 4) is 0 Å². The SMILES string of the molecule is CCOC(=O)C(C)(Cc1ccc(C(C)(C(=O)OCC)C(=O)OCC)cc1)C(=O)OCC. The highest BCUT2D eigenvalue weighted by atomic mass is 16.6. The molecule has 0 unspecified atom stereocenters. The number of rotatable bonds is 11. The first-order chi connectivity index (χ1) is 14.6. The Hall–Kier alpha value is -2.90. The second-order valence-electron chi connectivity index (χ2n) is 7.21. The van der Waals surface area contributed by atoms with Crippen LogP contribution in [0.5, 0.6) is 0 Å². The maximum Gasteiger partial charge on any atom is 0.327 e. The van der Waals surface area contributed by atoms with Gasteiger partial charge in [0.05, 0.1) is 26.4 Å². The van der Waals surface area contributed by atoms with Gasteiger partial charge < -0.3 is 18.9 Å². The summed E-state index contributed by atoms with van der Waals surface area (Å²) in [4.78, 5) is 50.1. The zero-order valence-corrected chi connectivity index (χ0v) is 19.1. The maximum atomic E-state index is 12.6. The zero-order valence-electron chi connectivity index (χ0n) is 19.1. The van der Waals surface area contributed by atoms with Gasteiger partial charge in [-0.3, -0.25) is 19.2 Å². The van der Waals surface area contributed by atoms with Crippen LogP contribution in [-0.2, 0) is 50.0 Å². The molecule has 0 saturated heterocycles. The molecule has 172 valence electrons. The molecule has 1 aromatic rings. The third-order valence-electron chi connectivity index (χ3n) is 4.91. The van der Waals surface area contributed by atoms with Crippen molar-refractivity contribution in [2.24, 2.45) is 5.41 Å². The van der Waals surface area contributed by atoms with Gasteiger partial charge >= 0.3 is 23.9 Å². The molecular formula is C23H32O8. The van der Waals surface area contributed by atoms with Crippen LogP contribution in [0.25, 0.3) is 0 Å². The van der Waals surface area contributed by atoms with Crippen LogP contribution in [0.4, 0.5) is 0 Å². The van der Waals surface area contributed by atoms with Crippen molar-refractivity contribution in [2.75, 3.05) is 26.4 Å². The van der Waals surface area contributed by atoms with Crippen molar-refractivity contribution < 1.29 is 38.1 Å². The molecule has 0 bridgehead atoms. The lowest BCUT2D eigenvalue weighted by Crippen LogP contribution is -2.43. The number of hydrogen-bond acceptors (Lipinski definition) is 8. The van der Waals surface area contributed by atoms with Crippen molar-refractivity contribution in [3.05, 3.63) is 35.4 Å². The van der Waals surface area contributed by atoms with Crippen LogP contribution in [0.15, 0.2) is 24.3 Å². The number of esters is 4. The fraction of sp³-hybridized carbons (Fsp3) is 0.565. The average molecular weight is 437 g/mol. The van der Waals surface area contributed by atoms with Crippen molar-refractivity contribution in [1.82, 2.24) is 0 Å². The van der Waals surface area contributed by atoms with Gasteiger partial charge in [-0.2, -0.15) is 0 Å². The lowest BCUT2D eigenvalue weighted by molar-refractivity contribution is -0.171. The molecule has 8 heteroatoms. The molecule has 1 aromatic carbocycles. The summed E-state index contributed by atoms with van der Waals surface area (Å²) in [7, 11) is 0. The van der Waals surface area contributed by atoms with Crippen LogP contribution in [0.2, 0.25) is 0 Å². The zero-order chi connectivity index (χ0) is 23.7. The van der Waals surface area contributed by atoms with E-state index in [1.54, 1.807) is 52.0 Å². The molecule has 8 nitrogen and oxygen atoms in total. The Kier molecular flexibility index (Phi) is 9.68. The first kappa shape index (κ1) is 26.1. The number of carbonyl (C=O) groups is 4. The highest BCUT2D eigenvalue weighted by molar-refractivity contribution is 6.06. The largest absolute Gasteiger partial charge is 0.465 e. The van der Waals surface area contributed by atoms with Crippen molar-refractivity contribution >= 4 is 23.9 Å². The second-order valence-corrected chi connectivity index (χ2v) is 7.21. The number of hydrogen-bond donors (Lipinski definition) is 0. The molecule has 0 radical (unpaired) electrons. The van der Waals surface area contributed by atoms with Gasteiger partial charge in [-0.15, -0.1) is 0 Å². The molecular weight excluding hydrogens is 404 g/mol. The standard InChI is InChI=1S/C23H32O8/c1-7-28-18(24)22(5,19(25)29-8-2)15-16-11-13-17(14-12-16)23(6,20(26)30-9-3)21(27)31-10-4/h11-14H,7-10,15H2,1-6H3. The van der Waals surface area contributed by atoms with Crippen LogP contribution >= 0.6 is 0 Å². The van der Waals surface area contributed by atoms with E-state index in [0.29, 0.717) is 11.1 Å². The Labute approximate surface area is 183 Å². The molecule has 0 aliphatic heterocycles. The third-order valence-corrected chi connectivity index (χ3v) is 4.91. The Balaban J connectivity index is 3.29. The molecule has 1 rings (SSSR count). The molecule has 0 saturated carbocycles. The Morgan fingerprint density at radius 2 is 1.00 bits per heavy atom. The van der Waals surface area contributed by atoms with E-state index in [1.807, 2.05) is 0 Å². The van der Waals surface area contributed by atoms with Gasteiger partial charge in [-0.1, -0.05) is 24.3 Å². The number of benzene rings is 1. The van der Waals surface area contributed by atoms with E-state index in [4.69, 9.17) is 18.9 Å². The van der Waals surface area contributed by atoms with Gasteiger partial charge in [0.15, 0.2) is 10.8 Å². The van der Waals surface area contributed by atoms with E-state index in [9.17, 15) is 19.2 Å². The predicted octanol–water partition coefficient (Wildman–Crippen LogP) is 2.75. The lowest BCUT2D eigenvalue weighted by Gasteiger charge is -2.27. The molecule has 0 heterocycles. The molecule has 0 aromatic heterocycles. The average Bonchev–Trinajstić information content (AvgIpc) is 2.74.